The molecule has 6 heteroatoms. The minimum atomic E-state index is 0.362. The standard InChI is InChI=1S/C12H8Cl2N4/c1-7-17-12-10(11(14)15-6-16-12)18(7)9-5-3-2-4-8(9)13/h2-6H,1H3. The van der Waals surface area contributed by atoms with Crippen LogP contribution in [-0.4, -0.2) is 19.5 Å². The number of fused-ring (bicyclic) bond motifs is 1. The van der Waals surface area contributed by atoms with Crippen LogP contribution in [0.25, 0.3) is 16.9 Å². The summed E-state index contributed by atoms with van der Waals surface area (Å²) in [6.07, 6.45) is 1.40. The second kappa shape index (κ2) is 4.23. The van der Waals surface area contributed by atoms with E-state index >= 15 is 0 Å². The second-order valence-corrected chi connectivity index (χ2v) is 4.55. The number of aryl methyl sites for hydroxylation is 1. The van der Waals surface area contributed by atoms with E-state index in [4.69, 9.17) is 23.2 Å². The molecule has 2 aromatic heterocycles. The summed E-state index contributed by atoms with van der Waals surface area (Å²) in [6.45, 7) is 1.88. The highest BCUT2D eigenvalue weighted by Crippen LogP contribution is 2.28. The lowest BCUT2D eigenvalue weighted by Crippen LogP contribution is -1.98. The van der Waals surface area contributed by atoms with E-state index in [0.717, 1.165) is 11.5 Å². The van der Waals surface area contributed by atoms with Crippen LogP contribution in [0.3, 0.4) is 0 Å². The first-order chi connectivity index (χ1) is 8.68. The third-order valence-electron chi connectivity index (χ3n) is 2.67. The maximum absolute atomic E-state index is 6.21. The molecule has 90 valence electrons. The Morgan fingerprint density at radius 2 is 1.89 bits per heavy atom. The minimum Gasteiger partial charge on any atom is -0.291 e. The summed E-state index contributed by atoms with van der Waals surface area (Å²) in [5.41, 5.74) is 2.05. The van der Waals surface area contributed by atoms with Gasteiger partial charge in [-0.15, -0.1) is 0 Å². The Labute approximate surface area is 113 Å². The molecule has 0 N–H and O–H groups in total. The maximum atomic E-state index is 6.21. The van der Waals surface area contributed by atoms with Gasteiger partial charge in [-0.05, 0) is 19.1 Å². The first-order valence-corrected chi connectivity index (χ1v) is 6.04. The van der Waals surface area contributed by atoms with Gasteiger partial charge in [0, 0.05) is 0 Å². The molecule has 0 aliphatic heterocycles. The molecule has 0 saturated carbocycles. The van der Waals surface area contributed by atoms with Gasteiger partial charge in [0.15, 0.2) is 10.8 Å². The molecule has 0 spiro atoms. The maximum Gasteiger partial charge on any atom is 0.182 e. The van der Waals surface area contributed by atoms with Crippen molar-refractivity contribution in [2.75, 3.05) is 0 Å². The van der Waals surface area contributed by atoms with Gasteiger partial charge in [0.1, 0.15) is 17.7 Å². The van der Waals surface area contributed by atoms with Crippen molar-refractivity contribution in [3.8, 4) is 5.69 Å². The molecular formula is C12H8Cl2N4. The number of halogens is 2. The first-order valence-electron chi connectivity index (χ1n) is 5.29. The Kier molecular flexibility index (Phi) is 2.69. The zero-order valence-corrected chi connectivity index (χ0v) is 10.9. The van der Waals surface area contributed by atoms with Gasteiger partial charge in [-0.25, -0.2) is 15.0 Å². The molecule has 0 unspecified atom stereocenters. The molecule has 3 aromatic rings. The lowest BCUT2D eigenvalue weighted by Gasteiger charge is -2.08. The molecule has 0 bridgehead atoms. The van der Waals surface area contributed by atoms with Crippen LogP contribution in [0.15, 0.2) is 30.6 Å². The molecule has 0 saturated heterocycles. The summed E-state index contributed by atoms with van der Waals surface area (Å²) in [7, 11) is 0. The number of aromatic nitrogens is 4. The molecule has 0 amide bonds. The zero-order chi connectivity index (χ0) is 12.7. The van der Waals surface area contributed by atoms with E-state index in [2.05, 4.69) is 15.0 Å². The van der Waals surface area contributed by atoms with Crippen LogP contribution in [0, 0.1) is 6.92 Å². The van der Waals surface area contributed by atoms with E-state index in [1.807, 2.05) is 35.8 Å². The molecule has 0 fully saturated rings. The highest BCUT2D eigenvalue weighted by molar-refractivity contribution is 6.34. The molecule has 1 aromatic carbocycles. The molecule has 3 rings (SSSR count). The quantitative estimate of drug-likeness (QED) is 0.641. The smallest absolute Gasteiger partial charge is 0.182 e. The second-order valence-electron chi connectivity index (χ2n) is 3.78. The minimum absolute atomic E-state index is 0.362. The number of nitrogens with zero attached hydrogens (tertiary/aromatic N) is 4. The van der Waals surface area contributed by atoms with Crippen molar-refractivity contribution < 1.29 is 0 Å². The van der Waals surface area contributed by atoms with Crippen LogP contribution in [0.4, 0.5) is 0 Å². The van der Waals surface area contributed by atoms with Crippen LogP contribution >= 0.6 is 23.2 Å². The first kappa shape index (κ1) is 11.4. The van der Waals surface area contributed by atoms with Crippen molar-refractivity contribution in [1.29, 1.82) is 0 Å². The largest absolute Gasteiger partial charge is 0.291 e. The Hall–Kier alpha value is -1.65. The van der Waals surface area contributed by atoms with Gasteiger partial charge < -0.3 is 0 Å². The average molecular weight is 279 g/mol. The molecule has 0 aliphatic rings. The Balaban J connectivity index is 2.43. The van der Waals surface area contributed by atoms with E-state index < -0.39 is 0 Å². The molecule has 4 nitrogen and oxygen atoms in total. The van der Waals surface area contributed by atoms with E-state index in [-0.39, 0.29) is 0 Å². The number of hydrogen-bond acceptors (Lipinski definition) is 3. The molecule has 18 heavy (non-hydrogen) atoms. The third kappa shape index (κ3) is 1.65. The van der Waals surface area contributed by atoms with Crippen molar-refractivity contribution >= 4 is 34.4 Å². The highest BCUT2D eigenvalue weighted by Gasteiger charge is 2.15. The van der Waals surface area contributed by atoms with Gasteiger partial charge in [-0.3, -0.25) is 4.57 Å². The fourth-order valence-corrected chi connectivity index (χ4v) is 2.35. The van der Waals surface area contributed by atoms with E-state index in [1.165, 1.54) is 6.33 Å². The Bertz CT molecular complexity index is 736. The number of rotatable bonds is 1. The monoisotopic (exact) mass is 278 g/mol. The van der Waals surface area contributed by atoms with Crippen LogP contribution in [0.1, 0.15) is 5.82 Å². The lowest BCUT2D eigenvalue weighted by atomic mass is 10.3. The fourth-order valence-electron chi connectivity index (χ4n) is 1.92. The number of para-hydroxylation sites is 1. The number of hydrogen-bond donors (Lipinski definition) is 0. The average Bonchev–Trinajstić information content (AvgIpc) is 2.68. The zero-order valence-electron chi connectivity index (χ0n) is 9.43. The molecule has 2 heterocycles. The molecular weight excluding hydrogens is 271 g/mol. The SMILES string of the molecule is Cc1nc2ncnc(Cl)c2n1-c1ccccc1Cl. The normalized spacial score (nSPS) is 11.1. The van der Waals surface area contributed by atoms with Crippen molar-refractivity contribution in [3.63, 3.8) is 0 Å². The van der Waals surface area contributed by atoms with Gasteiger partial charge in [0.05, 0.1) is 10.7 Å². The summed E-state index contributed by atoms with van der Waals surface area (Å²) in [5.74, 6) is 0.764. The van der Waals surface area contributed by atoms with Crippen LogP contribution < -0.4 is 0 Å². The van der Waals surface area contributed by atoms with Gasteiger partial charge in [0.2, 0.25) is 0 Å². The predicted octanol–water partition coefficient (Wildman–Crippen LogP) is 3.43. The van der Waals surface area contributed by atoms with Crippen LogP contribution in [0.2, 0.25) is 10.2 Å². The van der Waals surface area contributed by atoms with E-state index in [9.17, 15) is 0 Å². The Morgan fingerprint density at radius 3 is 2.67 bits per heavy atom. The van der Waals surface area contributed by atoms with Crippen LogP contribution in [0.5, 0.6) is 0 Å². The summed E-state index contributed by atoms with van der Waals surface area (Å²) in [6, 6.07) is 7.50. The number of imidazole rings is 1. The van der Waals surface area contributed by atoms with Gasteiger partial charge in [-0.1, -0.05) is 35.3 Å². The molecule has 0 aliphatic carbocycles. The third-order valence-corrected chi connectivity index (χ3v) is 3.26. The van der Waals surface area contributed by atoms with E-state index in [0.29, 0.717) is 21.3 Å². The van der Waals surface area contributed by atoms with E-state index in [1.54, 1.807) is 0 Å². The van der Waals surface area contributed by atoms with Crippen molar-refractivity contribution in [3.05, 3.63) is 46.6 Å². The summed E-state index contributed by atoms with van der Waals surface area (Å²) < 4.78 is 1.86. The summed E-state index contributed by atoms with van der Waals surface area (Å²) in [4.78, 5) is 12.5. The molecule has 0 radical (unpaired) electrons. The summed E-state index contributed by atoms with van der Waals surface area (Å²) in [5, 5.41) is 0.986. The van der Waals surface area contributed by atoms with Gasteiger partial charge in [0.25, 0.3) is 0 Å². The lowest BCUT2D eigenvalue weighted by molar-refractivity contribution is 0.999. The highest BCUT2D eigenvalue weighted by atomic mass is 35.5. The van der Waals surface area contributed by atoms with Gasteiger partial charge in [-0.2, -0.15) is 0 Å². The predicted molar refractivity (Wildman–Crippen MR) is 71.4 cm³/mol. The van der Waals surface area contributed by atoms with Gasteiger partial charge >= 0.3 is 0 Å². The number of benzene rings is 1. The Morgan fingerprint density at radius 1 is 1.11 bits per heavy atom. The molecule has 0 atom stereocenters. The topological polar surface area (TPSA) is 43.6 Å². The van der Waals surface area contributed by atoms with Crippen molar-refractivity contribution in [2.45, 2.75) is 6.92 Å². The van der Waals surface area contributed by atoms with Crippen molar-refractivity contribution in [1.82, 2.24) is 19.5 Å². The summed E-state index contributed by atoms with van der Waals surface area (Å²) >= 11 is 12.3. The fraction of sp³-hybridized carbons (Fsp3) is 0.0833. The van der Waals surface area contributed by atoms with Crippen molar-refractivity contribution in [2.24, 2.45) is 0 Å². The van der Waals surface area contributed by atoms with Crippen LogP contribution in [-0.2, 0) is 0 Å².